The number of amides is 1. The lowest BCUT2D eigenvalue weighted by Gasteiger charge is -2.27. The van der Waals surface area contributed by atoms with E-state index in [1.54, 1.807) is 0 Å². The number of primary amides is 1. The van der Waals surface area contributed by atoms with Crippen LogP contribution in [0.15, 0.2) is 0 Å². The average Bonchev–Trinajstić information content (AvgIpc) is 2.60. The maximum Gasteiger partial charge on any atom is 0.404 e. The van der Waals surface area contributed by atoms with E-state index in [1.165, 1.54) is 0 Å². The van der Waals surface area contributed by atoms with E-state index in [2.05, 4.69) is 13.8 Å². The van der Waals surface area contributed by atoms with Crippen LogP contribution in [0, 0.1) is 0 Å². The van der Waals surface area contributed by atoms with E-state index in [1.807, 2.05) is 0 Å². The Labute approximate surface area is 96.2 Å². The number of hydrogen-bond donors (Lipinski definition) is 1. The van der Waals surface area contributed by atoms with E-state index in [9.17, 15) is 4.79 Å². The smallest absolute Gasteiger partial charge is 0.404 e. The molecule has 0 aromatic heterocycles. The molecule has 2 N–H and O–H groups in total. The van der Waals surface area contributed by atoms with Crippen LogP contribution in [0.2, 0.25) is 0 Å². The highest BCUT2D eigenvalue weighted by Crippen LogP contribution is 2.32. The van der Waals surface area contributed by atoms with Crippen LogP contribution < -0.4 is 5.73 Å². The summed E-state index contributed by atoms with van der Waals surface area (Å²) in [5.74, 6) is -0.477. The van der Waals surface area contributed by atoms with Crippen LogP contribution in [0.25, 0.3) is 0 Å². The molecule has 1 aliphatic rings. The number of rotatable bonds is 6. The zero-order chi connectivity index (χ0) is 12.0. The highest BCUT2D eigenvalue weighted by Gasteiger charge is 2.40. The predicted octanol–water partition coefficient (Wildman–Crippen LogP) is 1.79. The van der Waals surface area contributed by atoms with Crippen molar-refractivity contribution in [3.05, 3.63) is 0 Å². The number of ether oxygens (including phenoxy) is 3. The summed E-state index contributed by atoms with van der Waals surface area (Å²) in [6, 6.07) is 0. The molecule has 1 rings (SSSR count). The molecule has 1 saturated heterocycles. The number of carbonyl (C=O) groups is 1. The second kappa shape index (κ2) is 6.06. The summed E-state index contributed by atoms with van der Waals surface area (Å²) in [5, 5.41) is 0. The molecule has 0 aromatic carbocycles. The van der Waals surface area contributed by atoms with Crippen LogP contribution in [0.1, 0.15) is 39.5 Å². The van der Waals surface area contributed by atoms with E-state index in [4.69, 9.17) is 19.9 Å². The molecule has 1 amide bonds. The fourth-order valence-corrected chi connectivity index (χ4v) is 2.02. The van der Waals surface area contributed by atoms with Crippen LogP contribution in [-0.2, 0) is 14.2 Å². The van der Waals surface area contributed by atoms with Gasteiger partial charge < -0.3 is 19.9 Å². The Morgan fingerprint density at radius 3 is 2.56 bits per heavy atom. The van der Waals surface area contributed by atoms with Gasteiger partial charge in [0.25, 0.3) is 0 Å². The van der Waals surface area contributed by atoms with Gasteiger partial charge in [-0.1, -0.05) is 26.7 Å². The summed E-state index contributed by atoms with van der Waals surface area (Å²) in [7, 11) is 0. The SMILES string of the molecule is CCCC1(CCC)OC[C@H](COC(N)=O)O1. The van der Waals surface area contributed by atoms with Gasteiger partial charge in [-0.3, -0.25) is 0 Å². The van der Waals surface area contributed by atoms with Crippen molar-refractivity contribution >= 4 is 6.09 Å². The molecule has 0 spiro atoms. The van der Waals surface area contributed by atoms with Gasteiger partial charge in [-0.25, -0.2) is 4.79 Å². The maximum absolute atomic E-state index is 10.5. The van der Waals surface area contributed by atoms with Crippen LogP contribution in [0.3, 0.4) is 0 Å². The Balaban J connectivity index is 2.42. The largest absolute Gasteiger partial charge is 0.447 e. The summed E-state index contributed by atoms with van der Waals surface area (Å²) in [6.07, 6.45) is 2.78. The molecule has 1 aliphatic heterocycles. The molecule has 1 fully saturated rings. The Kier molecular flexibility index (Phi) is 5.02. The molecule has 1 heterocycles. The fourth-order valence-electron chi connectivity index (χ4n) is 2.02. The third-order valence-corrected chi connectivity index (χ3v) is 2.59. The second-order valence-corrected chi connectivity index (χ2v) is 4.09. The van der Waals surface area contributed by atoms with Gasteiger partial charge in [0, 0.05) is 12.8 Å². The molecule has 16 heavy (non-hydrogen) atoms. The van der Waals surface area contributed by atoms with Crippen LogP contribution >= 0.6 is 0 Å². The van der Waals surface area contributed by atoms with Gasteiger partial charge in [0.2, 0.25) is 0 Å². The van der Waals surface area contributed by atoms with Crippen molar-refractivity contribution in [2.24, 2.45) is 5.73 Å². The standard InChI is InChI=1S/C11H21NO4/c1-3-5-11(6-4-2)15-8-9(16-11)7-14-10(12)13/h9H,3-8H2,1-2H3,(H2,12,13)/t9-/m0/s1. The van der Waals surface area contributed by atoms with Gasteiger partial charge in [-0.15, -0.1) is 0 Å². The Morgan fingerprint density at radius 2 is 2.06 bits per heavy atom. The molecule has 0 bridgehead atoms. The zero-order valence-electron chi connectivity index (χ0n) is 10.0. The molecule has 5 heteroatoms. The normalized spacial score (nSPS) is 23.2. The van der Waals surface area contributed by atoms with E-state index in [-0.39, 0.29) is 12.7 Å². The minimum absolute atomic E-state index is 0.171. The minimum Gasteiger partial charge on any atom is -0.447 e. The molecule has 0 aromatic rings. The van der Waals surface area contributed by atoms with Gasteiger partial charge in [0.05, 0.1) is 6.61 Å². The summed E-state index contributed by atoms with van der Waals surface area (Å²) in [4.78, 5) is 10.5. The first-order valence-electron chi connectivity index (χ1n) is 5.86. The van der Waals surface area contributed by atoms with Crippen LogP contribution in [0.5, 0.6) is 0 Å². The van der Waals surface area contributed by atoms with Crippen molar-refractivity contribution in [3.63, 3.8) is 0 Å². The molecule has 5 nitrogen and oxygen atoms in total. The first-order valence-corrected chi connectivity index (χ1v) is 5.86. The van der Waals surface area contributed by atoms with E-state index < -0.39 is 11.9 Å². The lowest BCUT2D eigenvalue weighted by Crippen LogP contribution is -2.32. The van der Waals surface area contributed by atoms with Crippen LogP contribution in [-0.4, -0.2) is 31.2 Å². The molecule has 0 aliphatic carbocycles. The Morgan fingerprint density at radius 1 is 1.44 bits per heavy atom. The first kappa shape index (κ1) is 13.3. The molecule has 0 saturated carbocycles. The monoisotopic (exact) mass is 231 g/mol. The molecule has 0 radical (unpaired) electrons. The van der Waals surface area contributed by atoms with E-state index >= 15 is 0 Å². The van der Waals surface area contributed by atoms with Gasteiger partial charge >= 0.3 is 6.09 Å². The number of carbonyl (C=O) groups excluding carboxylic acids is 1. The van der Waals surface area contributed by atoms with Gasteiger partial charge in [-0.05, 0) is 0 Å². The van der Waals surface area contributed by atoms with E-state index in [0.29, 0.717) is 6.61 Å². The topological polar surface area (TPSA) is 70.8 Å². The predicted molar refractivity (Wildman–Crippen MR) is 58.9 cm³/mol. The van der Waals surface area contributed by atoms with Gasteiger partial charge in [0.15, 0.2) is 5.79 Å². The van der Waals surface area contributed by atoms with E-state index in [0.717, 1.165) is 25.7 Å². The summed E-state index contributed by atoms with van der Waals surface area (Å²) < 4.78 is 16.2. The van der Waals surface area contributed by atoms with Crippen molar-refractivity contribution in [3.8, 4) is 0 Å². The summed E-state index contributed by atoms with van der Waals surface area (Å²) >= 11 is 0. The fraction of sp³-hybridized carbons (Fsp3) is 0.909. The van der Waals surface area contributed by atoms with Crippen LogP contribution in [0.4, 0.5) is 4.79 Å². The minimum atomic E-state index is -0.771. The average molecular weight is 231 g/mol. The van der Waals surface area contributed by atoms with Gasteiger partial charge in [-0.2, -0.15) is 0 Å². The lowest BCUT2D eigenvalue weighted by molar-refractivity contribution is -0.180. The highest BCUT2D eigenvalue weighted by molar-refractivity contribution is 5.64. The quantitative estimate of drug-likeness (QED) is 0.756. The Bertz CT molecular complexity index is 226. The highest BCUT2D eigenvalue weighted by atomic mass is 16.8. The van der Waals surface area contributed by atoms with Crippen molar-refractivity contribution in [2.75, 3.05) is 13.2 Å². The Hall–Kier alpha value is -0.810. The summed E-state index contributed by atoms with van der Waals surface area (Å²) in [6.45, 7) is 4.83. The third kappa shape index (κ3) is 3.64. The molecule has 94 valence electrons. The molecular weight excluding hydrogens is 210 g/mol. The van der Waals surface area contributed by atoms with Crippen molar-refractivity contribution < 1.29 is 19.0 Å². The van der Waals surface area contributed by atoms with Crippen molar-refractivity contribution in [1.29, 1.82) is 0 Å². The van der Waals surface area contributed by atoms with Gasteiger partial charge in [0.1, 0.15) is 12.7 Å². The lowest BCUT2D eigenvalue weighted by atomic mass is 10.1. The number of nitrogens with two attached hydrogens (primary N) is 1. The number of hydrogen-bond acceptors (Lipinski definition) is 4. The zero-order valence-corrected chi connectivity index (χ0v) is 10.0. The molecule has 1 atom stereocenters. The first-order chi connectivity index (χ1) is 7.62. The molecule has 0 unspecified atom stereocenters. The second-order valence-electron chi connectivity index (χ2n) is 4.09. The maximum atomic E-state index is 10.5. The van der Waals surface area contributed by atoms with Crippen molar-refractivity contribution in [1.82, 2.24) is 0 Å². The third-order valence-electron chi connectivity index (χ3n) is 2.59. The summed E-state index contributed by atoms with van der Waals surface area (Å²) in [5.41, 5.74) is 4.90. The molecular formula is C11H21NO4. The van der Waals surface area contributed by atoms with Crippen molar-refractivity contribution in [2.45, 2.75) is 51.4 Å².